The Morgan fingerprint density at radius 1 is 1.03 bits per heavy atom. The van der Waals surface area contributed by atoms with Crippen LogP contribution in [0.1, 0.15) is 35.3 Å². The van der Waals surface area contributed by atoms with Crippen LogP contribution in [0.5, 0.6) is 0 Å². The third-order valence-electron chi connectivity index (χ3n) is 4.57. The van der Waals surface area contributed by atoms with Gasteiger partial charge in [-0.25, -0.2) is 9.79 Å². The second kappa shape index (κ2) is 10.8. The SMILES string of the molecule is CCOC(=O)CSC1=N/C(=C\c2ccccc2C)C(=O)N1c1ccc(C(=O)OCC)cc1. The number of nitrogens with zero attached hydrogens (tertiary/aromatic N) is 2. The maximum absolute atomic E-state index is 13.2. The van der Waals surface area contributed by atoms with E-state index in [4.69, 9.17) is 9.47 Å². The summed E-state index contributed by atoms with van der Waals surface area (Å²) in [5.74, 6) is -1.11. The summed E-state index contributed by atoms with van der Waals surface area (Å²) < 4.78 is 10.00. The molecular formula is C24H24N2O5S. The molecule has 2 aromatic rings. The predicted octanol–water partition coefficient (Wildman–Crippen LogP) is 4.21. The van der Waals surface area contributed by atoms with Crippen LogP contribution in [0.2, 0.25) is 0 Å². The van der Waals surface area contributed by atoms with Crippen molar-refractivity contribution in [3.63, 3.8) is 0 Å². The van der Waals surface area contributed by atoms with E-state index in [0.29, 0.717) is 16.4 Å². The van der Waals surface area contributed by atoms with Crippen LogP contribution in [0.25, 0.3) is 6.08 Å². The van der Waals surface area contributed by atoms with Crippen LogP contribution in [-0.4, -0.2) is 42.0 Å². The maximum atomic E-state index is 13.2. The fraction of sp³-hybridized carbons (Fsp3) is 0.250. The summed E-state index contributed by atoms with van der Waals surface area (Å²) in [5, 5.41) is 0.367. The van der Waals surface area contributed by atoms with Crippen LogP contribution in [0, 0.1) is 6.92 Å². The minimum absolute atomic E-state index is 0.0228. The molecule has 8 heteroatoms. The lowest BCUT2D eigenvalue weighted by Gasteiger charge is -2.18. The first kappa shape index (κ1) is 23.3. The molecule has 1 heterocycles. The van der Waals surface area contributed by atoms with Crippen LogP contribution in [0.4, 0.5) is 5.69 Å². The fourth-order valence-electron chi connectivity index (χ4n) is 3.00. The Hall–Kier alpha value is -3.39. The number of hydrogen-bond donors (Lipinski definition) is 0. The van der Waals surface area contributed by atoms with E-state index in [0.717, 1.165) is 22.9 Å². The van der Waals surface area contributed by atoms with Crippen LogP contribution >= 0.6 is 11.8 Å². The molecule has 0 atom stereocenters. The minimum Gasteiger partial charge on any atom is -0.465 e. The number of anilines is 1. The Morgan fingerprint density at radius 2 is 1.72 bits per heavy atom. The van der Waals surface area contributed by atoms with Crippen molar-refractivity contribution in [1.29, 1.82) is 0 Å². The number of thioether (sulfide) groups is 1. The van der Waals surface area contributed by atoms with Gasteiger partial charge in [-0.15, -0.1) is 0 Å². The van der Waals surface area contributed by atoms with Crippen molar-refractivity contribution in [2.45, 2.75) is 20.8 Å². The monoisotopic (exact) mass is 452 g/mol. The van der Waals surface area contributed by atoms with E-state index in [2.05, 4.69) is 4.99 Å². The summed E-state index contributed by atoms with van der Waals surface area (Å²) in [6.45, 7) is 5.99. The molecule has 0 saturated carbocycles. The summed E-state index contributed by atoms with van der Waals surface area (Å²) in [6.07, 6.45) is 1.73. The molecule has 0 aromatic heterocycles. The molecule has 0 bridgehead atoms. The first-order valence-electron chi connectivity index (χ1n) is 10.2. The number of carbonyl (C=O) groups is 3. The molecule has 0 fully saturated rings. The molecule has 0 unspecified atom stereocenters. The highest BCUT2D eigenvalue weighted by atomic mass is 32.2. The number of amidine groups is 1. The molecule has 2 aromatic carbocycles. The molecule has 7 nitrogen and oxygen atoms in total. The van der Waals surface area contributed by atoms with Gasteiger partial charge in [0.2, 0.25) is 0 Å². The largest absolute Gasteiger partial charge is 0.465 e. The Labute approximate surface area is 191 Å². The Bertz CT molecular complexity index is 1080. The molecule has 0 saturated heterocycles. The molecule has 3 rings (SSSR count). The van der Waals surface area contributed by atoms with E-state index >= 15 is 0 Å². The van der Waals surface area contributed by atoms with Crippen molar-refractivity contribution < 1.29 is 23.9 Å². The van der Waals surface area contributed by atoms with Gasteiger partial charge >= 0.3 is 11.9 Å². The zero-order chi connectivity index (χ0) is 23.1. The number of aliphatic imine (C=N–C) groups is 1. The Kier molecular flexibility index (Phi) is 7.83. The number of hydrogen-bond acceptors (Lipinski definition) is 7. The van der Waals surface area contributed by atoms with E-state index in [1.54, 1.807) is 44.2 Å². The van der Waals surface area contributed by atoms with Crippen molar-refractivity contribution in [2.24, 2.45) is 4.99 Å². The molecule has 1 amide bonds. The standard InChI is InChI=1S/C24H24N2O5S/c1-4-30-21(27)15-32-24-25-20(14-18-9-7-6-8-16(18)3)22(28)26(24)19-12-10-17(11-13-19)23(29)31-5-2/h6-14H,4-5,15H2,1-3H3/b20-14-. The summed E-state index contributed by atoms with van der Waals surface area (Å²) >= 11 is 1.12. The van der Waals surface area contributed by atoms with Gasteiger partial charge in [-0.2, -0.15) is 0 Å². The van der Waals surface area contributed by atoms with Gasteiger partial charge < -0.3 is 9.47 Å². The van der Waals surface area contributed by atoms with Crippen molar-refractivity contribution >= 4 is 46.5 Å². The number of carbonyl (C=O) groups excluding carboxylic acids is 3. The minimum atomic E-state index is -0.433. The van der Waals surface area contributed by atoms with Crippen molar-refractivity contribution in [2.75, 3.05) is 23.9 Å². The highest BCUT2D eigenvalue weighted by Gasteiger charge is 2.32. The van der Waals surface area contributed by atoms with Gasteiger partial charge in [-0.1, -0.05) is 36.0 Å². The number of ether oxygens (including phenoxy) is 2. The third kappa shape index (κ3) is 5.45. The van der Waals surface area contributed by atoms with Crippen LogP contribution in [0.15, 0.2) is 59.2 Å². The van der Waals surface area contributed by atoms with E-state index in [-0.39, 0.29) is 36.5 Å². The van der Waals surface area contributed by atoms with E-state index < -0.39 is 5.97 Å². The summed E-state index contributed by atoms with van der Waals surface area (Å²) in [7, 11) is 0. The Balaban J connectivity index is 1.92. The van der Waals surface area contributed by atoms with Crippen molar-refractivity contribution in [3.05, 3.63) is 70.9 Å². The van der Waals surface area contributed by atoms with Crippen LogP contribution < -0.4 is 4.90 Å². The first-order valence-corrected chi connectivity index (χ1v) is 11.2. The van der Waals surface area contributed by atoms with E-state index in [9.17, 15) is 14.4 Å². The highest BCUT2D eigenvalue weighted by Crippen LogP contribution is 2.30. The second-order valence-corrected chi connectivity index (χ2v) is 7.72. The zero-order valence-electron chi connectivity index (χ0n) is 18.2. The van der Waals surface area contributed by atoms with Crippen molar-refractivity contribution in [3.8, 4) is 0 Å². The maximum Gasteiger partial charge on any atom is 0.338 e. The molecule has 1 aliphatic heterocycles. The molecule has 0 spiro atoms. The van der Waals surface area contributed by atoms with Gasteiger partial charge in [-0.3, -0.25) is 14.5 Å². The molecule has 166 valence electrons. The predicted molar refractivity (Wildman–Crippen MR) is 126 cm³/mol. The number of amides is 1. The van der Waals surface area contributed by atoms with E-state index in [1.165, 1.54) is 4.90 Å². The topological polar surface area (TPSA) is 85.3 Å². The highest BCUT2D eigenvalue weighted by molar-refractivity contribution is 8.14. The lowest BCUT2D eigenvalue weighted by molar-refractivity contribution is -0.139. The average molecular weight is 453 g/mol. The summed E-state index contributed by atoms with van der Waals surface area (Å²) in [5.41, 5.74) is 3.08. The normalized spacial score (nSPS) is 14.5. The summed E-state index contributed by atoms with van der Waals surface area (Å²) in [4.78, 5) is 43.0. The molecule has 0 aliphatic carbocycles. The smallest absolute Gasteiger partial charge is 0.338 e. The molecule has 1 aliphatic rings. The Morgan fingerprint density at radius 3 is 2.38 bits per heavy atom. The van der Waals surface area contributed by atoms with Gasteiger partial charge in [0, 0.05) is 0 Å². The van der Waals surface area contributed by atoms with Gasteiger partial charge in [0.05, 0.1) is 30.2 Å². The van der Waals surface area contributed by atoms with Gasteiger partial charge in [0.1, 0.15) is 5.70 Å². The van der Waals surface area contributed by atoms with E-state index in [1.807, 2.05) is 31.2 Å². The lowest BCUT2D eigenvalue weighted by atomic mass is 10.1. The number of esters is 2. The van der Waals surface area contributed by atoms with Gasteiger partial charge in [0.25, 0.3) is 5.91 Å². The molecule has 0 N–H and O–H groups in total. The third-order valence-corrected chi connectivity index (χ3v) is 5.48. The number of benzene rings is 2. The van der Waals surface area contributed by atoms with Gasteiger partial charge in [0.15, 0.2) is 5.17 Å². The molecular weight excluding hydrogens is 428 g/mol. The fourth-order valence-corrected chi connectivity index (χ4v) is 3.81. The molecule has 32 heavy (non-hydrogen) atoms. The first-order chi connectivity index (χ1) is 15.4. The second-order valence-electron chi connectivity index (χ2n) is 6.78. The van der Waals surface area contributed by atoms with Crippen LogP contribution in [0.3, 0.4) is 0 Å². The van der Waals surface area contributed by atoms with Crippen molar-refractivity contribution in [1.82, 2.24) is 0 Å². The zero-order valence-corrected chi connectivity index (χ0v) is 19.0. The van der Waals surface area contributed by atoms with Gasteiger partial charge in [-0.05, 0) is 62.2 Å². The lowest BCUT2D eigenvalue weighted by Crippen LogP contribution is -2.31. The quantitative estimate of drug-likeness (QED) is 0.462. The average Bonchev–Trinajstić information content (AvgIpc) is 3.09. The summed E-state index contributed by atoms with van der Waals surface area (Å²) in [6, 6.07) is 14.2. The number of aryl methyl sites for hydroxylation is 1. The number of rotatable bonds is 7. The van der Waals surface area contributed by atoms with Crippen LogP contribution in [-0.2, 0) is 19.1 Å². The molecule has 0 radical (unpaired) electrons.